The van der Waals surface area contributed by atoms with Crippen molar-refractivity contribution in [1.82, 2.24) is 16.0 Å². The Morgan fingerprint density at radius 1 is 0.852 bits per heavy atom. The molecular formula is C15H26N4O8. The van der Waals surface area contributed by atoms with Crippen LogP contribution in [0.1, 0.15) is 27.2 Å². The number of carboxylic acid groups (broad SMARTS) is 2. The molecule has 154 valence electrons. The van der Waals surface area contributed by atoms with Gasteiger partial charge < -0.3 is 37.0 Å². The van der Waals surface area contributed by atoms with Gasteiger partial charge in [-0.3, -0.25) is 19.2 Å². The van der Waals surface area contributed by atoms with E-state index in [0.29, 0.717) is 0 Å². The molecule has 0 fully saturated rings. The minimum atomic E-state index is -1.57. The summed E-state index contributed by atoms with van der Waals surface area (Å²) in [6.07, 6.45) is -0.745. The van der Waals surface area contributed by atoms with Crippen LogP contribution in [-0.2, 0) is 24.0 Å². The Bertz CT molecular complexity index is 578. The summed E-state index contributed by atoms with van der Waals surface area (Å²) < 4.78 is 0. The summed E-state index contributed by atoms with van der Waals surface area (Å²) in [6.45, 7) is 3.61. The zero-order valence-corrected chi connectivity index (χ0v) is 15.3. The summed E-state index contributed by atoms with van der Waals surface area (Å²) in [5.41, 5.74) is 5.38. The van der Waals surface area contributed by atoms with E-state index in [1.807, 2.05) is 0 Å². The van der Waals surface area contributed by atoms with Gasteiger partial charge in [0.15, 0.2) is 0 Å². The van der Waals surface area contributed by atoms with Gasteiger partial charge in [-0.25, -0.2) is 4.79 Å². The topological polar surface area (TPSA) is 208 Å². The number of aliphatic hydroxyl groups excluding tert-OH is 1. The predicted octanol–water partition coefficient (Wildman–Crippen LogP) is -3.00. The van der Waals surface area contributed by atoms with Crippen molar-refractivity contribution < 1.29 is 39.3 Å². The van der Waals surface area contributed by atoms with Gasteiger partial charge in [0.05, 0.1) is 19.1 Å². The molecule has 0 heterocycles. The Hall–Kier alpha value is -2.73. The highest BCUT2D eigenvalue weighted by Crippen LogP contribution is 2.05. The number of nitrogens with one attached hydrogen (secondary N) is 3. The fraction of sp³-hybridized carbons (Fsp3) is 0.667. The van der Waals surface area contributed by atoms with Crippen LogP contribution < -0.4 is 21.7 Å². The van der Waals surface area contributed by atoms with Gasteiger partial charge in [0.25, 0.3) is 0 Å². The Morgan fingerprint density at radius 2 is 1.37 bits per heavy atom. The maximum Gasteiger partial charge on any atom is 0.328 e. The van der Waals surface area contributed by atoms with E-state index in [4.69, 9.17) is 21.1 Å². The van der Waals surface area contributed by atoms with Crippen LogP contribution in [0, 0.1) is 5.92 Å². The van der Waals surface area contributed by atoms with Gasteiger partial charge >= 0.3 is 11.9 Å². The molecule has 3 amide bonds. The van der Waals surface area contributed by atoms with Gasteiger partial charge in [0.2, 0.25) is 17.7 Å². The fourth-order valence-electron chi connectivity index (χ4n) is 1.92. The zero-order chi connectivity index (χ0) is 21.3. The molecule has 8 N–H and O–H groups in total. The van der Waals surface area contributed by atoms with Crippen molar-refractivity contribution in [3.63, 3.8) is 0 Å². The van der Waals surface area contributed by atoms with Crippen molar-refractivity contribution in [2.24, 2.45) is 11.7 Å². The molecule has 27 heavy (non-hydrogen) atoms. The summed E-state index contributed by atoms with van der Waals surface area (Å²) in [7, 11) is 0. The SMILES string of the molecule is CC(N)C(=O)NC(CC(=O)O)C(=O)NC(C(=O)NC(CO)C(=O)O)C(C)C. The van der Waals surface area contributed by atoms with Crippen molar-refractivity contribution in [3.05, 3.63) is 0 Å². The van der Waals surface area contributed by atoms with Crippen molar-refractivity contribution in [2.75, 3.05) is 6.61 Å². The zero-order valence-electron chi connectivity index (χ0n) is 15.3. The van der Waals surface area contributed by atoms with Gasteiger partial charge in [-0.05, 0) is 12.8 Å². The van der Waals surface area contributed by atoms with Gasteiger partial charge in [-0.2, -0.15) is 0 Å². The van der Waals surface area contributed by atoms with Crippen LogP contribution in [0.25, 0.3) is 0 Å². The molecule has 0 aromatic carbocycles. The molecule has 0 aliphatic carbocycles. The molecule has 12 nitrogen and oxygen atoms in total. The number of rotatable bonds is 11. The van der Waals surface area contributed by atoms with Crippen molar-refractivity contribution in [2.45, 2.75) is 51.4 Å². The van der Waals surface area contributed by atoms with E-state index in [-0.39, 0.29) is 0 Å². The lowest BCUT2D eigenvalue weighted by molar-refractivity contribution is -0.144. The minimum absolute atomic E-state index is 0.503. The maximum absolute atomic E-state index is 12.4. The average Bonchev–Trinajstić information content (AvgIpc) is 2.55. The fourth-order valence-corrected chi connectivity index (χ4v) is 1.92. The van der Waals surface area contributed by atoms with Crippen LogP contribution in [-0.4, -0.2) is 75.8 Å². The molecule has 4 atom stereocenters. The number of aliphatic carboxylic acids is 2. The van der Waals surface area contributed by atoms with Crippen LogP contribution in [0.2, 0.25) is 0 Å². The molecule has 0 rings (SSSR count). The van der Waals surface area contributed by atoms with E-state index < -0.39 is 72.8 Å². The lowest BCUT2D eigenvalue weighted by Crippen LogP contribution is -2.59. The second-order valence-corrected chi connectivity index (χ2v) is 6.26. The van der Waals surface area contributed by atoms with Crippen LogP contribution in [0.5, 0.6) is 0 Å². The highest BCUT2D eigenvalue weighted by molar-refractivity contribution is 5.95. The molecule has 0 saturated carbocycles. The Labute approximate surface area is 155 Å². The van der Waals surface area contributed by atoms with Crippen molar-refractivity contribution in [1.29, 1.82) is 0 Å². The lowest BCUT2D eigenvalue weighted by Gasteiger charge is -2.26. The van der Waals surface area contributed by atoms with Crippen LogP contribution in [0.15, 0.2) is 0 Å². The number of carboxylic acids is 2. The highest BCUT2D eigenvalue weighted by atomic mass is 16.4. The summed E-state index contributed by atoms with van der Waals surface area (Å²) in [5.74, 6) is -5.92. The number of aliphatic hydroxyl groups is 1. The average molecular weight is 390 g/mol. The van der Waals surface area contributed by atoms with Gasteiger partial charge in [-0.15, -0.1) is 0 Å². The Balaban J connectivity index is 5.29. The van der Waals surface area contributed by atoms with E-state index in [0.717, 1.165) is 0 Å². The quantitative estimate of drug-likeness (QED) is 0.191. The van der Waals surface area contributed by atoms with E-state index in [9.17, 15) is 24.0 Å². The summed E-state index contributed by atoms with van der Waals surface area (Å²) in [4.78, 5) is 58.1. The number of carbonyl (C=O) groups excluding carboxylic acids is 3. The highest BCUT2D eigenvalue weighted by Gasteiger charge is 2.32. The first kappa shape index (κ1) is 24.3. The number of carbonyl (C=O) groups is 5. The normalized spacial score (nSPS) is 15.2. The molecule has 0 radical (unpaired) electrons. The van der Waals surface area contributed by atoms with E-state index in [1.165, 1.54) is 6.92 Å². The molecule has 0 aromatic rings. The maximum atomic E-state index is 12.4. The van der Waals surface area contributed by atoms with Crippen molar-refractivity contribution >= 4 is 29.7 Å². The second kappa shape index (κ2) is 11.1. The molecular weight excluding hydrogens is 364 g/mol. The van der Waals surface area contributed by atoms with Gasteiger partial charge in [-0.1, -0.05) is 13.8 Å². The molecule has 12 heteroatoms. The second-order valence-electron chi connectivity index (χ2n) is 6.26. The smallest absolute Gasteiger partial charge is 0.328 e. The molecule has 0 spiro atoms. The third-order valence-corrected chi connectivity index (χ3v) is 3.47. The third-order valence-electron chi connectivity index (χ3n) is 3.47. The van der Waals surface area contributed by atoms with Crippen molar-refractivity contribution in [3.8, 4) is 0 Å². The molecule has 0 saturated heterocycles. The standard InChI is InChI=1S/C15H26N4O8/c1-6(2)11(14(25)18-9(5-20)15(26)27)19-13(24)8(4-10(21)22)17-12(23)7(3)16/h6-9,11,20H,4-5,16H2,1-3H3,(H,17,23)(H,18,25)(H,19,24)(H,21,22)(H,26,27). The van der Waals surface area contributed by atoms with Crippen LogP contribution in [0.4, 0.5) is 0 Å². The lowest BCUT2D eigenvalue weighted by atomic mass is 10.0. The third kappa shape index (κ3) is 8.46. The molecule has 0 bridgehead atoms. The predicted molar refractivity (Wildman–Crippen MR) is 91.3 cm³/mol. The molecule has 0 aliphatic heterocycles. The first-order valence-corrected chi connectivity index (χ1v) is 8.12. The molecule has 4 unspecified atom stereocenters. The summed E-state index contributed by atoms with van der Waals surface area (Å²) in [6, 6.07) is -5.26. The number of amides is 3. The molecule has 0 aliphatic rings. The van der Waals surface area contributed by atoms with Crippen LogP contribution >= 0.6 is 0 Å². The van der Waals surface area contributed by atoms with E-state index in [2.05, 4.69) is 16.0 Å². The molecule has 0 aromatic heterocycles. The number of nitrogens with two attached hydrogens (primary N) is 1. The van der Waals surface area contributed by atoms with Gasteiger partial charge in [0.1, 0.15) is 18.1 Å². The minimum Gasteiger partial charge on any atom is -0.481 e. The Morgan fingerprint density at radius 3 is 1.74 bits per heavy atom. The van der Waals surface area contributed by atoms with Crippen LogP contribution in [0.3, 0.4) is 0 Å². The summed E-state index contributed by atoms with van der Waals surface area (Å²) >= 11 is 0. The number of hydrogen-bond acceptors (Lipinski definition) is 7. The largest absolute Gasteiger partial charge is 0.481 e. The first-order valence-electron chi connectivity index (χ1n) is 8.12. The Kier molecular flexibility index (Phi) is 9.96. The van der Waals surface area contributed by atoms with E-state index in [1.54, 1.807) is 13.8 Å². The summed E-state index contributed by atoms with van der Waals surface area (Å²) in [5, 5.41) is 33.3. The van der Waals surface area contributed by atoms with Gasteiger partial charge in [0, 0.05) is 0 Å². The number of hydrogen-bond donors (Lipinski definition) is 7. The first-order chi connectivity index (χ1) is 12.4. The monoisotopic (exact) mass is 390 g/mol. The van der Waals surface area contributed by atoms with E-state index >= 15 is 0 Å².